The largest absolute Gasteiger partial charge is 0.494 e. The predicted molar refractivity (Wildman–Crippen MR) is 105 cm³/mol. The van der Waals surface area contributed by atoms with E-state index in [0.717, 1.165) is 22.3 Å². The van der Waals surface area contributed by atoms with Crippen molar-refractivity contribution in [3.05, 3.63) is 53.0 Å². The number of halogens is 1. The van der Waals surface area contributed by atoms with Crippen LogP contribution in [0.25, 0.3) is 0 Å². The molecule has 3 rings (SSSR count). The number of hydrogen-bond donors (Lipinski definition) is 1. The van der Waals surface area contributed by atoms with Gasteiger partial charge < -0.3 is 15.0 Å². The van der Waals surface area contributed by atoms with Crippen LogP contribution in [0.2, 0.25) is 0 Å². The molecule has 6 heteroatoms. The molecule has 26 heavy (non-hydrogen) atoms. The van der Waals surface area contributed by atoms with Gasteiger partial charge in [0, 0.05) is 28.8 Å². The van der Waals surface area contributed by atoms with Gasteiger partial charge in [-0.3, -0.25) is 9.59 Å². The highest BCUT2D eigenvalue weighted by atomic mass is 79.9. The van der Waals surface area contributed by atoms with Crippen LogP contribution in [0, 0.1) is 5.92 Å². The summed E-state index contributed by atoms with van der Waals surface area (Å²) in [5, 5.41) is 2.88. The molecule has 5 nitrogen and oxygen atoms in total. The van der Waals surface area contributed by atoms with Gasteiger partial charge in [-0.15, -0.1) is 0 Å². The summed E-state index contributed by atoms with van der Waals surface area (Å²) in [6.45, 7) is 3.10. The molecule has 2 aromatic rings. The van der Waals surface area contributed by atoms with Crippen molar-refractivity contribution < 1.29 is 14.3 Å². The molecule has 0 bridgehead atoms. The summed E-state index contributed by atoms with van der Waals surface area (Å²) in [7, 11) is 0. The molecule has 0 aromatic heterocycles. The van der Waals surface area contributed by atoms with E-state index < -0.39 is 0 Å². The third-order valence-corrected chi connectivity index (χ3v) is 4.70. The fourth-order valence-corrected chi connectivity index (χ4v) is 3.28. The van der Waals surface area contributed by atoms with E-state index in [2.05, 4.69) is 28.2 Å². The molecule has 136 valence electrons. The zero-order valence-electron chi connectivity index (χ0n) is 14.6. The van der Waals surface area contributed by atoms with E-state index >= 15 is 0 Å². The lowest BCUT2D eigenvalue weighted by atomic mass is 10.1. The second-order valence-electron chi connectivity index (χ2n) is 6.25. The van der Waals surface area contributed by atoms with Crippen molar-refractivity contribution in [1.82, 2.24) is 0 Å². The zero-order valence-corrected chi connectivity index (χ0v) is 16.2. The van der Waals surface area contributed by atoms with Gasteiger partial charge >= 0.3 is 0 Å². The van der Waals surface area contributed by atoms with Crippen molar-refractivity contribution in [3.8, 4) is 5.75 Å². The van der Waals surface area contributed by atoms with Gasteiger partial charge in [0.2, 0.25) is 11.8 Å². The van der Waals surface area contributed by atoms with Crippen LogP contribution in [0.15, 0.2) is 53.0 Å². The highest BCUT2D eigenvalue weighted by Crippen LogP contribution is 2.28. The van der Waals surface area contributed by atoms with E-state index in [0.29, 0.717) is 18.8 Å². The van der Waals surface area contributed by atoms with Crippen molar-refractivity contribution in [3.63, 3.8) is 0 Å². The molecule has 0 spiro atoms. The maximum absolute atomic E-state index is 12.5. The Bertz CT molecular complexity index is 792. The maximum atomic E-state index is 12.5. The quantitative estimate of drug-likeness (QED) is 0.766. The highest BCUT2D eigenvalue weighted by Gasteiger charge is 2.35. The first kappa shape index (κ1) is 18.5. The number of nitrogens with zero attached hydrogens (tertiary/aromatic N) is 1. The van der Waals surface area contributed by atoms with E-state index in [1.165, 1.54) is 0 Å². The third-order valence-electron chi connectivity index (χ3n) is 4.21. The van der Waals surface area contributed by atoms with Crippen LogP contribution in [-0.4, -0.2) is 25.0 Å². The van der Waals surface area contributed by atoms with Crippen LogP contribution in [0.3, 0.4) is 0 Å². The second-order valence-corrected chi connectivity index (χ2v) is 7.16. The Morgan fingerprint density at radius 1 is 1.27 bits per heavy atom. The SMILES string of the molecule is CCCOc1ccc(N2C[C@H](C(=O)Nc3cccc(Br)c3)CC2=O)cc1. The maximum Gasteiger partial charge on any atom is 0.229 e. The molecule has 1 fully saturated rings. The molecule has 1 atom stereocenters. The number of ether oxygens (including phenoxy) is 1. The molecule has 1 aliphatic rings. The van der Waals surface area contributed by atoms with Gasteiger partial charge in [0.25, 0.3) is 0 Å². The molecule has 2 aromatic carbocycles. The zero-order chi connectivity index (χ0) is 18.5. The summed E-state index contributed by atoms with van der Waals surface area (Å²) < 4.78 is 6.46. The Morgan fingerprint density at radius 2 is 2.04 bits per heavy atom. The van der Waals surface area contributed by atoms with Crippen molar-refractivity contribution in [1.29, 1.82) is 0 Å². The first-order valence-corrected chi connectivity index (χ1v) is 9.46. The summed E-state index contributed by atoms with van der Waals surface area (Å²) in [5.74, 6) is 0.243. The molecule has 1 N–H and O–H groups in total. The molecule has 1 heterocycles. The summed E-state index contributed by atoms with van der Waals surface area (Å²) >= 11 is 3.38. The Morgan fingerprint density at radius 3 is 2.73 bits per heavy atom. The molecule has 0 radical (unpaired) electrons. The van der Waals surface area contributed by atoms with Gasteiger partial charge in [0.1, 0.15) is 5.75 Å². The van der Waals surface area contributed by atoms with Gasteiger partial charge in [0.05, 0.1) is 12.5 Å². The lowest BCUT2D eigenvalue weighted by Crippen LogP contribution is -2.28. The monoisotopic (exact) mass is 416 g/mol. The van der Waals surface area contributed by atoms with Crippen molar-refractivity contribution in [2.24, 2.45) is 5.92 Å². The third kappa shape index (κ3) is 4.43. The Labute approximate surface area is 161 Å². The lowest BCUT2D eigenvalue weighted by Gasteiger charge is -2.17. The smallest absolute Gasteiger partial charge is 0.229 e. The van der Waals surface area contributed by atoms with E-state index in [1.54, 1.807) is 4.90 Å². The summed E-state index contributed by atoms with van der Waals surface area (Å²) in [4.78, 5) is 26.5. The summed E-state index contributed by atoms with van der Waals surface area (Å²) in [5.41, 5.74) is 1.50. The normalized spacial score (nSPS) is 16.6. The average Bonchev–Trinajstić information content (AvgIpc) is 3.02. The van der Waals surface area contributed by atoms with Crippen LogP contribution in [0.1, 0.15) is 19.8 Å². The Hall–Kier alpha value is -2.34. The number of rotatable bonds is 6. The van der Waals surface area contributed by atoms with Gasteiger partial charge in [-0.1, -0.05) is 28.9 Å². The molecule has 1 aliphatic heterocycles. The van der Waals surface area contributed by atoms with Crippen molar-refractivity contribution >= 4 is 39.1 Å². The first-order valence-electron chi connectivity index (χ1n) is 8.66. The number of amides is 2. The molecule has 0 saturated carbocycles. The highest BCUT2D eigenvalue weighted by molar-refractivity contribution is 9.10. The minimum atomic E-state index is -0.363. The number of carbonyl (C=O) groups excluding carboxylic acids is 2. The second kappa shape index (κ2) is 8.36. The van der Waals surface area contributed by atoms with Crippen LogP contribution in [0.4, 0.5) is 11.4 Å². The van der Waals surface area contributed by atoms with E-state index in [-0.39, 0.29) is 24.2 Å². The fourth-order valence-electron chi connectivity index (χ4n) is 2.89. The van der Waals surface area contributed by atoms with Gasteiger partial charge in [-0.05, 0) is 48.9 Å². The van der Waals surface area contributed by atoms with E-state index in [4.69, 9.17) is 4.74 Å². The summed E-state index contributed by atoms with van der Waals surface area (Å²) in [6.07, 6.45) is 1.16. The number of anilines is 2. The van der Waals surface area contributed by atoms with E-state index in [1.807, 2.05) is 48.5 Å². The summed E-state index contributed by atoms with van der Waals surface area (Å²) in [6, 6.07) is 14.8. The minimum Gasteiger partial charge on any atom is -0.494 e. The predicted octanol–water partition coefficient (Wildman–Crippen LogP) is 4.23. The fraction of sp³-hybridized carbons (Fsp3) is 0.300. The average molecular weight is 417 g/mol. The molecule has 1 saturated heterocycles. The standard InChI is InChI=1S/C20H21BrN2O3/c1-2-10-26-18-8-6-17(7-9-18)23-13-14(11-19(23)24)20(25)22-16-5-3-4-15(21)12-16/h3-9,12,14H,2,10-11,13H2,1H3,(H,22,25)/t14-/m1/s1. The Balaban J connectivity index is 1.63. The molecular formula is C20H21BrN2O3. The topological polar surface area (TPSA) is 58.6 Å². The molecule has 0 aliphatic carbocycles. The molecular weight excluding hydrogens is 396 g/mol. The number of hydrogen-bond acceptors (Lipinski definition) is 3. The minimum absolute atomic E-state index is 0.0402. The lowest BCUT2D eigenvalue weighted by molar-refractivity contribution is -0.122. The van der Waals surface area contributed by atoms with Crippen molar-refractivity contribution in [2.45, 2.75) is 19.8 Å². The number of benzene rings is 2. The number of nitrogens with one attached hydrogen (secondary N) is 1. The first-order chi connectivity index (χ1) is 12.6. The molecule has 2 amide bonds. The number of carbonyl (C=O) groups is 2. The van der Waals surface area contributed by atoms with Gasteiger partial charge in [-0.2, -0.15) is 0 Å². The van der Waals surface area contributed by atoms with Gasteiger partial charge in [-0.25, -0.2) is 0 Å². The van der Waals surface area contributed by atoms with Crippen LogP contribution < -0.4 is 15.0 Å². The van der Waals surface area contributed by atoms with Crippen molar-refractivity contribution in [2.75, 3.05) is 23.4 Å². The van der Waals surface area contributed by atoms with Crippen LogP contribution in [-0.2, 0) is 9.59 Å². The van der Waals surface area contributed by atoms with E-state index in [9.17, 15) is 9.59 Å². The Kier molecular flexibility index (Phi) is 5.93. The van der Waals surface area contributed by atoms with Gasteiger partial charge in [0.15, 0.2) is 0 Å². The molecule has 0 unspecified atom stereocenters. The van der Waals surface area contributed by atoms with Crippen LogP contribution in [0.5, 0.6) is 5.75 Å². The van der Waals surface area contributed by atoms with Crippen LogP contribution >= 0.6 is 15.9 Å².